The summed E-state index contributed by atoms with van der Waals surface area (Å²) in [7, 11) is 0. The van der Waals surface area contributed by atoms with Gasteiger partial charge in [-0.1, -0.05) is 32.0 Å². The van der Waals surface area contributed by atoms with Gasteiger partial charge >= 0.3 is 6.18 Å². The molecule has 0 heterocycles. The third-order valence-corrected chi connectivity index (χ3v) is 2.88. The Labute approximate surface area is 118 Å². The lowest BCUT2D eigenvalue weighted by atomic mass is 10.0. The zero-order valence-corrected chi connectivity index (χ0v) is 12.1. The molecule has 0 saturated carbocycles. The van der Waals surface area contributed by atoms with Crippen molar-refractivity contribution in [3.63, 3.8) is 0 Å². The van der Waals surface area contributed by atoms with Crippen molar-refractivity contribution in [3.05, 3.63) is 35.4 Å². The summed E-state index contributed by atoms with van der Waals surface area (Å²) in [6.45, 7) is 7.52. The third kappa shape index (κ3) is 5.51. The average molecular weight is 289 g/mol. The quantitative estimate of drug-likeness (QED) is 0.765. The van der Waals surface area contributed by atoms with E-state index in [0.29, 0.717) is 25.7 Å². The molecule has 1 rings (SSSR count). The number of hydrogen-bond acceptors (Lipinski definition) is 2. The Bertz CT molecular complexity index is 404. The molecule has 0 radical (unpaired) electrons. The summed E-state index contributed by atoms with van der Waals surface area (Å²) in [5, 5.41) is 3.06. The fourth-order valence-corrected chi connectivity index (χ4v) is 1.91. The van der Waals surface area contributed by atoms with Crippen LogP contribution in [0, 0.1) is 5.92 Å². The standard InChI is InChI=1S/C15H22F3NO/c1-11(2)10-20-9-8-19-12(3)13-6-4-5-7-14(13)15(16,17)18/h4-7,11-12,19H,8-10H2,1-3H3. The first-order chi connectivity index (χ1) is 9.32. The molecule has 1 atom stereocenters. The molecule has 1 N–H and O–H groups in total. The van der Waals surface area contributed by atoms with E-state index in [0.717, 1.165) is 6.07 Å². The number of alkyl halides is 3. The van der Waals surface area contributed by atoms with Crippen LogP contribution in [0.5, 0.6) is 0 Å². The Morgan fingerprint density at radius 2 is 1.80 bits per heavy atom. The van der Waals surface area contributed by atoms with Crippen molar-refractivity contribution >= 4 is 0 Å². The molecule has 1 aromatic rings. The van der Waals surface area contributed by atoms with Crippen LogP contribution in [0.3, 0.4) is 0 Å². The summed E-state index contributed by atoms with van der Waals surface area (Å²) >= 11 is 0. The molecular formula is C15H22F3NO. The van der Waals surface area contributed by atoms with E-state index in [4.69, 9.17) is 4.74 Å². The molecule has 1 unspecified atom stereocenters. The maximum Gasteiger partial charge on any atom is 0.416 e. The van der Waals surface area contributed by atoms with E-state index in [9.17, 15) is 13.2 Å². The van der Waals surface area contributed by atoms with Gasteiger partial charge < -0.3 is 10.1 Å². The minimum absolute atomic E-state index is 0.267. The summed E-state index contributed by atoms with van der Waals surface area (Å²) in [4.78, 5) is 0. The van der Waals surface area contributed by atoms with Gasteiger partial charge in [0.05, 0.1) is 12.2 Å². The fraction of sp³-hybridized carbons (Fsp3) is 0.600. The van der Waals surface area contributed by atoms with Gasteiger partial charge in [-0.2, -0.15) is 13.2 Å². The van der Waals surface area contributed by atoms with Crippen LogP contribution >= 0.6 is 0 Å². The predicted molar refractivity (Wildman–Crippen MR) is 73.5 cm³/mol. The summed E-state index contributed by atoms with van der Waals surface area (Å²) in [6.07, 6.45) is -4.32. The van der Waals surface area contributed by atoms with Crippen molar-refractivity contribution < 1.29 is 17.9 Å². The lowest BCUT2D eigenvalue weighted by molar-refractivity contribution is -0.138. The Balaban J connectivity index is 2.53. The number of benzene rings is 1. The number of rotatable bonds is 7. The highest BCUT2D eigenvalue weighted by molar-refractivity contribution is 5.31. The largest absolute Gasteiger partial charge is 0.416 e. The van der Waals surface area contributed by atoms with E-state index < -0.39 is 11.7 Å². The first-order valence-electron chi connectivity index (χ1n) is 6.79. The highest BCUT2D eigenvalue weighted by Crippen LogP contribution is 2.34. The van der Waals surface area contributed by atoms with Gasteiger partial charge in [0.2, 0.25) is 0 Å². The van der Waals surface area contributed by atoms with Gasteiger partial charge in [0.25, 0.3) is 0 Å². The van der Waals surface area contributed by atoms with Crippen molar-refractivity contribution in [3.8, 4) is 0 Å². The van der Waals surface area contributed by atoms with Crippen molar-refractivity contribution in [2.24, 2.45) is 5.92 Å². The third-order valence-electron chi connectivity index (χ3n) is 2.88. The fourth-order valence-electron chi connectivity index (χ4n) is 1.91. The molecule has 5 heteroatoms. The summed E-state index contributed by atoms with van der Waals surface area (Å²) in [5.41, 5.74) is -0.313. The number of hydrogen-bond donors (Lipinski definition) is 1. The molecule has 0 aromatic heterocycles. The van der Waals surface area contributed by atoms with Crippen molar-refractivity contribution in [1.82, 2.24) is 5.32 Å². The van der Waals surface area contributed by atoms with Crippen LogP contribution in [0.15, 0.2) is 24.3 Å². The molecule has 20 heavy (non-hydrogen) atoms. The molecule has 114 valence electrons. The highest BCUT2D eigenvalue weighted by atomic mass is 19.4. The highest BCUT2D eigenvalue weighted by Gasteiger charge is 2.33. The van der Waals surface area contributed by atoms with Crippen LogP contribution in [0.4, 0.5) is 13.2 Å². The monoisotopic (exact) mass is 289 g/mol. The van der Waals surface area contributed by atoms with Gasteiger partial charge in [0.1, 0.15) is 0 Å². The zero-order chi connectivity index (χ0) is 15.2. The van der Waals surface area contributed by atoms with E-state index in [1.165, 1.54) is 12.1 Å². The number of halogens is 3. The molecule has 0 aliphatic carbocycles. The smallest absolute Gasteiger partial charge is 0.380 e. The van der Waals surface area contributed by atoms with E-state index in [-0.39, 0.29) is 11.6 Å². The van der Waals surface area contributed by atoms with Crippen molar-refractivity contribution in [1.29, 1.82) is 0 Å². The molecule has 0 amide bonds. The lowest BCUT2D eigenvalue weighted by Crippen LogP contribution is -2.25. The van der Waals surface area contributed by atoms with Crippen LogP contribution in [-0.4, -0.2) is 19.8 Å². The van der Waals surface area contributed by atoms with Gasteiger partial charge in [-0.15, -0.1) is 0 Å². The first-order valence-corrected chi connectivity index (χ1v) is 6.79. The Kier molecular flexibility index (Phi) is 6.49. The van der Waals surface area contributed by atoms with Crippen LogP contribution in [0.1, 0.15) is 37.9 Å². The molecule has 0 aliphatic heterocycles. The second-order valence-corrected chi connectivity index (χ2v) is 5.23. The molecule has 0 saturated heterocycles. The molecule has 0 spiro atoms. The predicted octanol–water partition coefficient (Wildman–Crippen LogP) is 4.03. The first kappa shape index (κ1) is 17.0. The van der Waals surface area contributed by atoms with Crippen LogP contribution in [0.2, 0.25) is 0 Å². The van der Waals surface area contributed by atoms with E-state index in [2.05, 4.69) is 19.2 Å². The van der Waals surface area contributed by atoms with E-state index >= 15 is 0 Å². The van der Waals surface area contributed by atoms with Crippen molar-refractivity contribution in [2.45, 2.75) is 33.0 Å². The SMILES string of the molecule is CC(C)COCCNC(C)c1ccccc1C(F)(F)F. The second-order valence-electron chi connectivity index (χ2n) is 5.23. The van der Waals surface area contributed by atoms with E-state index in [1.807, 2.05) is 0 Å². The molecule has 0 bridgehead atoms. The summed E-state index contributed by atoms with van der Waals surface area (Å²) < 4.78 is 44.1. The topological polar surface area (TPSA) is 21.3 Å². The maximum atomic E-state index is 12.9. The summed E-state index contributed by atoms with van der Waals surface area (Å²) in [5.74, 6) is 0.457. The van der Waals surface area contributed by atoms with Gasteiger partial charge in [0.15, 0.2) is 0 Å². The van der Waals surface area contributed by atoms with Crippen molar-refractivity contribution in [2.75, 3.05) is 19.8 Å². The van der Waals surface area contributed by atoms with Gasteiger partial charge in [-0.3, -0.25) is 0 Å². The molecule has 2 nitrogen and oxygen atoms in total. The minimum atomic E-state index is -4.32. The Hall–Kier alpha value is -1.07. The van der Waals surface area contributed by atoms with Gasteiger partial charge in [0, 0.05) is 19.2 Å². The maximum absolute atomic E-state index is 12.9. The van der Waals surface area contributed by atoms with Crippen LogP contribution in [0.25, 0.3) is 0 Å². The zero-order valence-electron chi connectivity index (χ0n) is 12.1. The number of nitrogens with one attached hydrogen (secondary N) is 1. The number of ether oxygens (including phenoxy) is 1. The second kappa shape index (κ2) is 7.64. The van der Waals surface area contributed by atoms with Gasteiger partial charge in [-0.05, 0) is 24.5 Å². The normalized spacial score (nSPS) is 13.8. The molecule has 1 aromatic carbocycles. The summed E-state index contributed by atoms with van der Waals surface area (Å²) in [6, 6.07) is 5.29. The van der Waals surface area contributed by atoms with Crippen LogP contribution in [-0.2, 0) is 10.9 Å². The van der Waals surface area contributed by atoms with E-state index in [1.54, 1.807) is 13.0 Å². The Morgan fingerprint density at radius 3 is 2.40 bits per heavy atom. The molecular weight excluding hydrogens is 267 g/mol. The molecule has 0 aliphatic rings. The average Bonchev–Trinajstić information content (AvgIpc) is 2.36. The van der Waals surface area contributed by atoms with Crippen LogP contribution < -0.4 is 5.32 Å². The van der Waals surface area contributed by atoms with Gasteiger partial charge in [-0.25, -0.2) is 0 Å². The Morgan fingerprint density at radius 1 is 1.15 bits per heavy atom. The lowest BCUT2D eigenvalue weighted by Gasteiger charge is -2.19. The molecule has 0 fully saturated rings. The minimum Gasteiger partial charge on any atom is -0.380 e.